The van der Waals surface area contributed by atoms with Crippen LogP contribution in [0.3, 0.4) is 0 Å². The van der Waals surface area contributed by atoms with Crippen LogP contribution < -0.4 is 5.32 Å². The number of nitrogens with one attached hydrogen (secondary N) is 1. The average molecular weight is 337 g/mol. The predicted octanol–water partition coefficient (Wildman–Crippen LogP) is 4.60. The Morgan fingerprint density at radius 3 is 2.76 bits per heavy atom. The number of aryl methyl sites for hydroxylation is 2. The van der Waals surface area contributed by atoms with Crippen molar-refractivity contribution < 1.29 is 4.39 Å². The molecule has 1 aromatic heterocycles. The van der Waals surface area contributed by atoms with Gasteiger partial charge in [-0.05, 0) is 63.2 Å². The number of hydrogen-bond acceptors (Lipinski definition) is 2. The second kappa shape index (κ2) is 8.46. The maximum atomic E-state index is 14.0. The topological polar surface area (TPSA) is 40.8 Å². The second-order valence-electron chi connectivity index (χ2n) is 6.10. The van der Waals surface area contributed by atoms with Gasteiger partial charge in [0, 0.05) is 29.3 Å². The van der Waals surface area contributed by atoms with E-state index in [1.54, 1.807) is 25.1 Å². The largest absolute Gasteiger partial charge is 0.347 e. The number of halogens is 1. The summed E-state index contributed by atoms with van der Waals surface area (Å²) in [6.07, 6.45) is 9.37. The molecular formula is C21H24FN3. The van der Waals surface area contributed by atoms with Crippen LogP contribution in [0, 0.1) is 17.1 Å². The number of rotatable bonds is 3. The zero-order valence-electron chi connectivity index (χ0n) is 15.1. The molecule has 1 aliphatic heterocycles. The molecule has 0 amide bonds. The molecule has 0 unspecified atom stereocenters. The summed E-state index contributed by atoms with van der Waals surface area (Å²) in [6.45, 7) is 6.45. The van der Waals surface area contributed by atoms with Gasteiger partial charge in [-0.2, -0.15) is 5.26 Å². The van der Waals surface area contributed by atoms with Crippen molar-refractivity contribution in [3.05, 3.63) is 65.7 Å². The highest BCUT2D eigenvalue weighted by molar-refractivity contribution is 5.97. The molecule has 2 heterocycles. The molecular weight excluding hydrogens is 313 g/mol. The van der Waals surface area contributed by atoms with Gasteiger partial charge in [0.2, 0.25) is 0 Å². The highest BCUT2D eigenvalue weighted by Gasteiger charge is 2.18. The number of nitrogens with zero attached hydrogens (tertiary/aromatic N) is 2. The molecule has 0 saturated heterocycles. The van der Waals surface area contributed by atoms with E-state index in [-0.39, 0.29) is 5.82 Å². The van der Waals surface area contributed by atoms with Crippen LogP contribution in [0.1, 0.15) is 24.5 Å². The van der Waals surface area contributed by atoms with Gasteiger partial charge in [0.05, 0.1) is 11.6 Å². The maximum absolute atomic E-state index is 14.0. The fourth-order valence-corrected chi connectivity index (χ4v) is 3.14. The molecule has 1 aliphatic rings. The van der Waals surface area contributed by atoms with E-state index < -0.39 is 0 Å². The van der Waals surface area contributed by atoms with E-state index in [1.165, 1.54) is 0 Å². The smallest absolute Gasteiger partial charge is 0.124 e. The molecule has 0 spiro atoms. The molecule has 0 bridgehead atoms. The molecule has 3 nitrogen and oxygen atoms in total. The third kappa shape index (κ3) is 4.07. The highest BCUT2D eigenvalue weighted by atomic mass is 19.1. The molecule has 2 aromatic rings. The fourth-order valence-electron chi connectivity index (χ4n) is 3.14. The zero-order chi connectivity index (χ0) is 18.4. The lowest BCUT2D eigenvalue weighted by molar-refractivity contribution is 0.611. The molecule has 1 N–H and O–H groups in total. The first-order chi connectivity index (χ1) is 12.0. The summed E-state index contributed by atoms with van der Waals surface area (Å²) in [4.78, 5) is 0. The van der Waals surface area contributed by atoms with Gasteiger partial charge in [0.1, 0.15) is 5.82 Å². The van der Waals surface area contributed by atoms with Gasteiger partial charge in [0.25, 0.3) is 0 Å². The van der Waals surface area contributed by atoms with Crippen molar-refractivity contribution in [2.75, 3.05) is 14.1 Å². The highest BCUT2D eigenvalue weighted by Crippen LogP contribution is 2.34. The number of benzene rings is 1. The van der Waals surface area contributed by atoms with Crippen molar-refractivity contribution in [3.8, 4) is 6.07 Å². The van der Waals surface area contributed by atoms with Gasteiger partial charge >= 0.3 is 0 Å². The Morgan fingerprint density at radius 1 is 1.40 bits per heavy atom. The van der Waals surface area contributed by atoms with Crippen molar-refractivity contribution >= 4 is 16.5 Å². The van der Waals surface area contributed by atoms with Crippen LogP contribution in [0.25, 0.3) is 16.5 Å². The molecule has 1 aromatic carbocycles. The van der Waals surface area contributed by atoms with E-state index in [9.17, 15) is 4.39 Å². The van der Waals surface area contributed by atoms with Gasteiger partial charge in [-0.1, -0.05) is 18.7 Å². The summed E-state index contributed by atoms with van der Waals surface area (Å²) >= 11 is 0. The van der Waals surface area contributed by atoms with E-state index >= 15 is 0 Å². The summed E-state index contributed by atoms with van der Waals surface area (Å²) < 4.78 is 16.1. The third-order valence-corrected chi connectivity index (χ3v) is 4.02. The summed E-state index contributed by atoms with van der Waals surface area (Å²) in [5.74, 6) is -0.206. The maximum Gasteiger partial charge on any atom is 0.124 e. The molecule has 0 saturated carbocycles. The average Bonchev–Trinajstić information content (AvgIpc) is 2.95. The van der Waals surface area contributed by atoms with Crippen molar-refractivity contribution in [1.82, 2.24) is 9.88 Å². The Morgan fingerprint density at radius 2 is 2.12 bits per heavy atom. The monoisotopic (exact) mass is 337 g/mol. The Hall–Kier alpha value is -2.64. The van der Waals surface area contributed by atoms with E-state index in [2.05, 4.69) is 28.7 Å². The number of allylic oxidation sites excluding steroid dienone is 5. The molecule has 0 fully saturated rings. The van der Waals surface area contributed by atoms with Crippen LogP contribution in [0.4, 0.5) is 4.39 Å². The zero-order valence-corrected chi connectivity index (χ0v) is 15.1. The van der Waals surface area contributed by atoms with Crippen LogP contribution in [-0.2, 0) is 13.0 Å². The van der Waals surface area contributed by atoms with E-state index in [4.69, 9.17) is 5.26 Å². The van der Waals surface area contributed by atoms with Crippen molar-refractivity contribution in [3.63, 3.8) is 0 Å². The lowest BCUT2D eigenvalue weighted by atomic mass is 9.98. The van der Waals surface area contributed by atoms with Gasteiger partial charge in [-0.15, -0.1) is 0 Å². The molecule has 130 valence electrons. The first-order valence-electron chi connectivity index (χ1n) is 8.37. The summed E-state index contributed by atoms with van der Waals surface area (Å²) in [5, 5.41) is 12.7. The van der Waals surface area contributed by atoms with Crippen LogP contribution in [0.2, 0.25) is 0 Å². The predicted molar refractivity (Wildman–Crippen MR) is 103 cm³/mol. The van der Waals surface area contributed by atoms with Gasteiger partial charge in [-0.3, -0.25) is 0 Å². The van der Waals surface area contributed by atoms with Crippen molar-refractivity contribution in [2.45, 2.75) is 26.3 Å². The first kappa shape index (κ1) is 18.7. The first-order valence-corrected chi connectivity index (χ1v) is 8.37. The summed E-state index contributed by atoms with van der Waals surface area (Å²) in [6, 6.07) is 5.35. The molecule has 25 heavy (non-hydrogen) atoms. The molecule has 0 atom stereocenters. The lowest BCUT2D eigenvalue weighted by Crippen LogP contribution is -2.06. The molecule has 3 rings (SSSR count). The van der Waals surface area contributed by atoms with Gasteiger partial charge in [-0.25, -0.2) is 4.39 Å². The van der Waals surface area contributed by atoms with Crippen LogP contribution >= 0.6 is 0 Å². The van der Waals surface area contributed by atoms with E-state index in [0.717, 1.165) is 47.0 Å². The van der Waals surface area contributed by atoms with Crippen LogP contribution in [-0.4, -0.2) is 18.7 Å². The number of hydrogen-bond donors (Lipinski definition) is 1. The third-order valence-electron chi connectivity index (χ3n) is 4.02. The molecule has 0 aliphatic carbocycles. The lowest BCUT2D eigenvalue weighted by Gasteiger charge is -2.15. The van der Waals surface area contributed by atoms with Gasteiger partial charge < -0.3 is 9.88 Å². The van der Waals surface area contributed by atoms with Gasteiger partial charge in [0.15, 0.2) is 0 Å². The normalized spacial score (nSPS) is 13.9. The fraction of sp³-hybridized carbons (Fsp3) is 0.286. The van der Waals surface area contributed by atoms with Crippen LogP contribution in [0.15, 0.2) is 48.7 Å². The van der Waals surface area contributed by atoms with E-state index in [0.29, 0.717) is 5.57 Å². The Balaban J connectivity index is 0.000000701. The van der Waals surface area contributed by atoms with E-state index in [1.807, 2.05) is 26.2 Å². The minimum atomic E-state index is -0.206. The number of nitriles is 1. The minimum Gasteiger partial charge on any atom is -0.347 e. The van der Waals surface area contributed by atoms with Crippen molar-refractivity contribution in [1.29, 1.82) is 5.26 Å². The Kier molecular flexibility index (Phi) is 6.32. The summed E-state index contributed by atoms with van der Waals surface area (Å²) in [7, 11) is 3.75. The molecule has 4 heteroatoms. The summed E-state index contributed by atoms with van der Waals surface area (Å²) in [5.41, 5.74) is 4.62. The quantitative estimate of drug-likeness (QED) is 0.657. The van der Waals surface area contributed by atoms with Crippen LogP contribution in [0.5, 0.6) is 0 Å². The SMILES string of the molecule is C=C/C=C(\C=C(/C)C#N)c1cn2c3c(cc(F)cc13)CCC2.CNC. The van der Waals surface area contributed by atoms with Crippen molar-refractivity contribution in [2.24, 2.45) is 0 Å². The molecule has 0 radical (unpaired) electrons. The standard InChI is InChI=1S/C19H17FN2.C2H7N/c1-3-5-14(8-13(2)11-21)18-12-22-7-4-6-15-9-16(20)10-17(18)19(15)22;1-3-2/h3,5,8-10,12H,1,4,6-7H2,2H3;3H,1-2H3/b13-8+,14-5+;. The number of aromatic nitrogens is 1. The Bertz CT molecular complexity index is 879. The minimum absolute atomic E-state index is 0.206. The Labute approximate surface area is 148 Å². The second-order valence-corrected chi connectivity index (χ2v) is 6.10.